The average Bonchev–Trinajstić information content (AvgIpc) is 3.40. The summed E-state index contributed by atoms with van der Waals surface area (Å²) < 4.78 is 45.4. The van der Waals surface area contributed by atoms with Crippen LogP contribution in [-0.2, 0) is 13.2 Å². The lowest BCUT2D eigenvalue weighted by Crippen LogP contribution is -2.20. The van der Waals surface area contributed by atoms with E-state index in [9.17, 15) is 13.5 Å². The second kappa shape index (κ2) is 11.8. The first-order chi connectivity index (χ1) is 18.8. The summed E-state index contributed by atoms with van der Waals surface area (Å²) >= 11 is 0. The summed E-state index contributed by atoms with van der Waals surface area (Å²) in [5.41, 5.74) is 3.05. The zero-order chi connectivity index (χ0) is 27.2. The SMILES string of the molecule is CS(O)(O)CCNCc1ccc(-c2ccc3ncnc(Nc4ccc(OCc5ccccc5)c(F)c4)c3c2)o1. The fraction of sp³-hybridized carbons (Fsp3) is 0.172. The lowest BCUT2D eigenvalue weighted by molar-refractivity contribution is 0.290. The molecular formula is C29H29FN4O4S. The smallest absolute Gasteiger partial charge is 0.167 e. The number of nitrogens with zero attached hydrogens (tertiary/aromatic N) is 2. The Bertz CT molecular complexity index is 1560. The molecule has 0 aliphatic rings. The lowest BCUT2D eigenvalue weighted by Gasteiger charge is -2.26. The molecule has 0 unspecified atom stereocenters. The molecule has 0 amide bonds. The maximum Gasteiger partial charge on any atom is 0.167 e. The molecule has 2 heterocycles. The summed E-state index contributed by atoms with van der Waals surface area (Å²) in [6.45, 7) is 1.22. The Kier molecular flexibility index (Phi) is 8.08. The van der Waals surface area contributed by atoms with Crippen LogP contribution in [-0.4, -0.2) is 37.6 Å². The Morgan fingerprint density at radius 2 is 1.82 bits per heavy atom. The predicted molar refractivity (Wildman–Crippen MR) is 153 cm³/mol. The number of fused-ring (bicyclic) bond motifs is 1. The predicted octanol–water partition coefficient (Wildman–Crippen LogP) is 6.82. The minimum atomic E-state index is -2.52. The highest BCUT2D eigenvalue weighted by atomic mass is 32.3. The molecule has 39 heavy (non-hydrogen) atoms. The number of rotatable bonds is 11. The molecule has 0 aliphatic heterocycles. The van der Waals surface area contributed by atoms with E-state index in [2.05, 4.69) is 20.6 Å². The van der Waals surface area contributed by atoms with Gasteiger partial charge in [-0.25, -0.2) is 14.4 Å². The van der Waals surface area contributed by atoms with Gasteiger partial charge in [0.25, 0.3) is 0 Å². The maximum atomic E-state index is 14.8. The van der Waals surface area contributed by atoms with Crippen molar-refractivity contribution in [1.29, 1.82) is 0 Å². The van der Waals surface area contributed by atoms with Gasteiger partial charge in [-0.15, -0.1) is 0 Å². The topological polar surface area (TPSA) is 113 Å². The molecule has 5 aromatic rings. The van der Waals surface area contributed by atoms with Gasteiger partial charge in [0.2, 0.25) is 0 Å². The van der Waals surface area contributed by atoms with Crippen LogP contribution in [0.4, 0.5) is 15.9 Å². The minimum absolute atomic E-state index is 0.172. The van der Waals surface area contributed by atoms with E-state index >= 15 is 0 Å². The quantitative estimate of drug-likeness (QED) is 0.133. The van der Waals surface area contributed by atoms with Crippen LogP contribution >= 0.6 is 10.6 Å². The molecule has 0 fully saturated rings. The van der Waals surface area contributed by atoms with Gasteiger partial charge in [-0.2, -0.15) is 10.6 Å². The van der Waals surface area contributed by atoms with Crippen LogP contribution in [0.2, 0.25) is 0 Å². The number of ether oxygens (including phenoxy) is 1. The van der Waals surface area contributed by atoms with Gasteiger partial charge in [0.15, 0.2) is 11.6 Å². The standard InChI is InChI=1S/C29H29FN4O4S/c1-39(35,36)14-13-31-17-23-9-12-27(38-23)21-7-10-26-24(15-21)29(33-19-32-26)34-22-8-11-28(25(30)16-22)37-18-20-5-3-2-4-6-20/h2-12,15-16,19,31,35-36H,13-14,17-18H2,1H3,(H,32,33,34). The highest BCUT2D eigenvalue weighted by molar-refractivity contribution is 8.23. The van der Waals surface area contributed by atoms with Crippen LogP contribution in [0.3, 0.4) is 0 Å². The van der Waals surface area contributed by atoms with Crippen molar-refractivity contribution in [2.45, 2.75) is 13.2 Å². The van der Waals surface area contributed by atoms with E-state index in [1.165, 1.54) is 18.6 Å². The Labute approximate surface area is 227 Å². The van der Waals surface area contributed by atoms with Crippen molar-refractivity contribution in [2.75, 3.05) is 23.9 Å². The highest BCUT2D eigenvalue weighted by Crippen LogP contribution is 2.32. The second-order valence-electron chi connectivity index (χ2n) is 9.14. The molecule has 202 valence electrons. The largest absolute Gasteiger partial charge is 0.486 e. The Morgan fingerprint density at radius 1 is 0.974 bits per heavy atom. The number of nitrogens with one attached hydrogen (secondary N) is 2. The van der Waals surface area contributed by atoms with E-state index in [0.29, 0.717) is 30.4 Å². The van der Waals surface area contributed by atoms with Crippen LogP contribution in [0.5, 0.6) is 5.75 Å². The van der Waals surface area contributed by atoms with Gasteiger partial charge in [-0.3, -0.25) is 9.11 Å². The van der Waals surface area contributed by atoms with Gasteiger partial charge in [0.1, 0.15) is 30.3 Å². The van der Waals surface area contributed by atoms with Crippen molar-refractivity contribution in [3.05, 3.63) is 102 Å². The minimum Gasteiger partial charge on any atom is -0.486 e. The van der Waals surface area contributed by atoms with E-state index < -0.39 is 16.4 Å². The first-order valence-corrected chi connectivity index (χ1v) is 14.5. The van der Waals surface area contributed by atoms with Crippen molar-refractivity contribution >= 4 is 33.0 Å². The molecule has 0 atom stereocenters. The molecule has 0 saturated heterocycles. The highest BCUT2D eigenvalue weighted by Gasteiger charge is 2.12. The van der Waals surface area contributed by atoms with E-state index in [-0.39, 0.29) is 18.1 Å². The average molecular weight is 549 g/mol. The van der Waals surface area contributed by atoms with E-state index in [0.717, 1.165) is 27.8 Å². The van der Waals surface area contributed by atoms with Crippen molar-refractivity contribution in [3.63, 3.8) is 0 Å². The first kappa shape index (κ1) is 26.6. The van der Waals surface area contributed by atoms with E-state index in [1.54, 1.807) is 12.1 Å². The molecule has 3 aromatic carbocycles. The van der Waals surface area contributed by atoms with Crippen molar-refractivity contribution < 1.29 is 22.6 Å². The second-order valence-corrected chi connectivity index (χ2v) is 11.5. The zero-order valence-electron chi connectivity index (χ0n) is 21.3. The third-order valence-electron chi connectivity index (χ3n) is 5.98. The molecular weight excluding hydrogens is 519 g/mol. The monoisotopic (exact) mass is 548 g/mol. The van der Waals surface area contributed by atoms with Crippen LogP contribution in [0, 0.1) is 5.82 Å². The Balaban J connectivity index is 1.29. The summed E-state index contributed by atoms with van der Waals surface area (Å²) in [5.74, 6) is 1.92. The van der Waals surface area contributed by atoms with Crippen LogP contribution in [0.1, 0.15) is 11.3 Å². The number of aromatic nitrogens is 2. The lowest BCUT2D eigenvalue weighted by atomic mass is 10.1. The summed E-state index contributed by atoms with van der Waals surface area (Å²) in [6, 6.07) is 23.8. The molecule has 0 spiro atoms. The number of anilines is 2. The molecule has 5 rings (SSSR count). The van der Waals surface area contributed by atoms with Crippen molar-refractivity contribution in [3.8, 4) is 17.1 Å². The Hall–Kier alpha value is -3.96. The van der Waals surface area contributed by atoms with Gasteiger partial charge < -0.3 is 19.8 Å². The van der Waals surface area contributed by atoms with Gasteiger partial charge in [0, 0.05) is 41.3 Å². The molecule has 8 nitrogen and oxygen atoms in total. The van der Waals surface area contributed by atoms with Gasteiger partial charge in [0.05, 0.1) is 12.1 Å². The molecule has 0 bridgehead atoms. The number of hydrogen-bond donors (Lipinski definition) is 4. The molecule has 0 radical (unpaired) electrons. The van der Waals surface area contributed by atoms with E-state index in [4.69, 9.17) is 9.15 Å². The molecule has 2 aromatic heterocycles. The Morgan fingerprint density at radius 3 is 2.62 bits per heavy atom. The normalized spacial score (nSPS) is 12.0. The third-order valence-corrected chi connectivity index (χ3v) is 6.96. The number of benzene rings is 3. The number of halogens is 1. The summed E-state index contributed by atoms with van der Waals surface area (Å²) in [7, 11) is -2.52. The number of hydrogen-bond acceptors (Lipinski definition) is 8. The fourth-order valence-electron chi connectivity index (χ4n) is 3.98. The van der Waals surface area contributed by atoms with Crippen LogP contribution in [0.15, 0.2) is 89.6 Å². The molecule has 4 N–H and O–H groups in total. The van der Waals surface area contributed by atoms with Crippen molar-refractivity contribution in [1.82, 2.24) is 15.3 Å². The summed E-state index contributed by atoms with van der Waals surface area (Å²) in [5, 5.41) is 7.10. The van der Waals surface area contributed by atoms with Gasteiger partial charge in [-0.05, 0) is 48.0 Å². The fourth-order valence-corrected chi connectivity index (χ4v) is 4.51. The van der Waals surface area contributed by atoms with Gasteiger partial charge in [-0.1, -0.05) is 30.3 Å². The van der Waals surface area contributed by atoms with Crippen LogP contribution < -0.4 is 15.4 Å². The number of furan rings is 1. The zero-order valence-corrected chi connectivity index (χ0v) is 22.1. The van der Waals surface area contributed by atoms with Crippen LogP contribution in [0.25, 0.3) is 22.2 Å². The summed E-state index contributed by atoms with van der Waals surface area (Å²) in [6.07, 6.45) is 2.89. The van der Waals surface area contributed by atoms with Gasteiger partial charge >= 0.3 is 0 Å². The molecule has 10 heteroatoms. The first-order valence-electron chi connectivity index (χ1n) is 12.3. The third kappa shape index (κ3) is 7.12. The van der Waals surface area contributed by atoms with E-state index in [1.807, 2.05) is 60.7 Å². The maximum absolute atomic E-state index is 14.8. The molecule has 0 aliphatic carbocycles. The van der Waals surface area contributed by atoms with Crippen molar-refractivity contribution in [2.24, 2.45) is 0 Å². The molecule has 0 saturated carbocycles. The summed E-state index contributed by atoms with van der Waals surface area (Å²) in [4.78, 5) is 8.74.